The quantitative estimate of drug-likeness (QED) is 0.367. The van der Waals surface area contributed by atoms with Crippen molar-refractivity contribution in [3.8, 4) is 0 Å². The van der Waals surface area contributed by atoms with Crippen molar-refractivity contribution in [1.29, 1.82) is 0 Å². The van der Waals surface area contributed by atoms with E-state index < -0.39 is 0 Å². The smallest absolute Gasteiger partial charge is 0.243 e. The van der Waals surface area contributed by atoms with Crippen molar-refractivity contribution in [3.05, 3.63) is 0 Å². The normalized spacial score (nSPS) is 11.2. The van der Waals surface area contributed by atoms with Gasteiger partial charge in [-0.3, -0.25) is 4.79 Å². The SMILES string of the molecule is CCNC(=NCC(=O)N(C)C)NCCCOCC. The Bertz CT molecular complexity index is 254. The fraction of sp³-hybridized carbons (Fsp3) is 0.833. The number of carbonyl (C=O) groups is 1. The van der Waals surface area contributed by atoms with Gasteiger partial charge >= 0.3 is 0 Å². The number of guanidine groups is 1. The summed E-state index contributed by atoms with van der Waals surface area (Å²) in [5, 5.41) is 6.26. The molecule has 0 spiro atoms. The van der Waals surface area contributed by atoms with E-state index in [-0.39, 0.29) is 12.5 Å². The van der Waals surface area contributed by atoms with Crippen molar-refractivity contribution in [2.75, 3.05) is 46.9 Å². The van der Waals surface area contributed by atoms with E-state index in [0.29, 0.717) is 5.96 Å². The number of carbonyl (C=O) groups excluding carboxylic acids is 1. The van der Waals surface area contributed by atoms with E-state index in [4.69, 9.17) is 4.74 Å². The third-order valence-electron chi connectivity index (χ3n) is 2.18. The molecule has 2 N–H and O–H groups in total. The Morgan fingerprint density at radius 1 is 1.28 bits per heavy atom. The molecule has 6 heteroatoms. The highest BCUT2D eigenvalue weighted by Crippen LogP contribution is 1.83. The second-order valence-corrected chi connectivity index (χ2v) is 3.96. The van der Waals surface area contributed by atoms with Crippen molar-refractivity contribution >= 4 is 11.9 Å². The zero-order valence-corrected chi connectivity index (χ0v) is 12.0. The summed E-state index contributed by atoms with van der Waals surface area (Å²) >= 11 is 0. The number of nitrogens with zero attached hydrogens (tertiary/aromatic N) is 2. The van der Waals surface area contributed by atoms with Gasteiger partial charge in [-0.05, 0) is 20.3 Å². The van der Waals surface area contributed by atoms with Gasteiger partial charge in [0.1, 0.15) is 6.54 Å². The summed E-state index contributed by atoms with van der Waals surface area (Å²) in [6.07, 6.45) is 0.917. The molecule has 0 aromatic rings. The average Bonchev–Trinajstić information content (AvgIpc) is 2.34. The van der Waals surface area contributed by atoms with E-state index >= 15 is 0 Å². The summed E-state index contributed by atoms with van der Waals surface area (Å²) in [5.74, 6) is 0.658. The Labute approximate surface area is 110 Å². The monoisotopic (exact) mass is 258 g/mol. The average molecular weight is 258 g/mol. The highest BCUT2D eigenvalue weighted by molar-refractivity contribution is 5.84. The van der Waals surface area contributed by atoms with Crippen LogP contribution in [0.3, 0.4) is 0 Å². The lowest BCUT2D eigenvalue weighted by atomic mass is 10.4. The lowest BCUT2D eigenvalue weighted by Crippen LogP contribution is -2.39. The van der Waals surface area contributed by atoms with Gasteiger partial charge in [-0.2, -0.15) is 0 Å². The van der Waals surface area contributed by atoms with Crippen molar-refractivity contribution in [1.82, 2.24) is 15.5 Å². The fourth-order valence-electron chi connectivity index (χ4n) is 1.16. The Kier molecular flexibility index (Phi) is 10.0. The molecule has 0 saturated heterocycles. The lowest BCUT2D eigenvalue weighted by Gasteiger charge is -2.12. The number of ether oxygens (including phenoxy) is 1. The van der Waals surface area contributed by atoms with Crippen LogP contribution in [-0.4, -0.2) is 63.7 Å². The van der Waals surface area contributed by atoms with Crippen LogP contribution in [0.2, 0.25) is 0 Å². The minimum absolute atomic E-state index is 0.0125. The van der Waals surface area contributed by atoms with Crippen LogP contribution in [0.4, 0.5) is 0 Å². The minimum atomic E-state index is -0.0125. The maximum Gasteiger partial charge on any atom is 0.243 e. The van der Waals surface area contributed by atoms with Crippen LogP contribution in [0.25, 0.3) is 0 Å². The van der Waals surface area contributed by atoms with Crippen molar-refractivity contribution in [3.63, 3.8) is 0 Å². The molecule has 0 aliphatic heterocycles. The summed E-state index contributed by atoms with van der Waals surface area (Å²) in [7, 11) is 3.45. The first-order valence-electron chi connectivity index (χ1n) is 6.41. The Morgan fingerprint density at radius 3 is 2.56 bits per heavy atom. The molecule has 106 valence electrons. The van der Waals surface area contributed by atoms with Gasteiger partial charge in [-0.15, -0.1) is 0 Å². The Balaban J connectivity index is 3.97. The summed E-state index contributed by atoms with van der Waals surface area (Å²) in [6, 6.07) is 0. The molecule has 0 atom stereocenters. The van der Waals surface area contributed by atoms with Crippen LogP contribution in [0.5, 0.6) is 0 Å². The summed E-state index contributed by atoms with van der Waals surface area (Å²) in [6.45, 7) is 7.16. The van der Waals surface area contributed by atoms with Crippen LogP contribution < -0.4 is 10.6 Å². The molecule has 18 heavy (non-hydrogen) atoms. The summed E-state index contributed by atoms with van der Waals surface area (Å²) < 4.78 is 5.24. The second kappa shape index (κ2) is 10.8. The molecule has 0 saturated carbocycles. The zero-order chi connectivity index (χ0) is 13.8. The fourth-order valence-corrected chi connectivity index (χ4v) is 1.16. The Hall–Kier alpha value is -1.30. The van der Waals surface area contributed by atoms with E-state index in [1.807, 2.05) is 13.8 Å². The lowest BCUT2D eigenvalue weighted by molar-refractivity contribution is -0.127. The molecule has 0 rings (SSSR count). The topological polar surface area (TPSA) is 66.0 Å². The molecule has 0 fully saturated rings. The van der Waals surface area contributed by atoms with Gasteiger partial charge in [0.15, 0.2) is 5.96 Å². The maximum absolute atomic E-state index is 11.4. The van der Waals surface area contributed by atoms with Gasteiger partial charge in [0.05, 0.1) is 0 Å². The van der Waals surface area contributed by atoms with Gasteiger partial charge in [0.2, 0.25) is 5.91 Å². The minimum Gasteiger partial charge on any atom is -0.382 e. The van der Waals surface area contributed by atoms with Crippen molar-refractivity contribution in [2.24, 2.45) is 4.99 Å². The molecule has 0 bridgehead atoms. The van der Waals surface area contributed by atoms with E-state index in [2.05, 4.69) is 15.6 Å². The van der Waals surface area contributed by atoms with Gasteiger partial charge in [-0.1, -0.05) is 0 Å². The second-order valence-electron chi connectivity index (χ2n) is 3.96. The van der Waals surface area contributed by atoms with E-state index in [0.717, 1.165) is 32.7 Å². The maximum atomic E-state index is 11.4. The molecular formula is C12H26N4O2. The Morgan fingerprint density at radius 2 is 2.00 bits per heavy atom. The standard InChI is InChI=1S/C12H26N4O2/c1-5-13-12(14-8-7-9-18-6-2)15-10-11(17)16(3)4/h5-10H2,1-4H3,(H2,13,14,15). The molecule has 0 aliphatic carbocycles. The molecule has 0 aromatic heterocycles. The first kappa shape index (κ1) is 16.7. The van der Waals surface area contributed by atoms with Crippen LogP contribution >= 0.6 is 0 Å². The number of hydrogen-bond acceptors (Lipinski definition) is 3. The number of hydrogen-bond donors (Lipinski definition) is 2. The molecule has 0 heterocycles. The molecule has 0 unspecified atom stereocenters. The van der Waals surface area contributed by atoms with Crippen molar-refractivity contribution in [2.45, 2.75) is 20.3 Å². The predicted molar refractivity (Wildman–Crippen MR) is 73.8 cm³/mol. The number of aliphatic imine (C=N–C) groups is 1. The van der Waals surface area contributed by atoms with Crippen molar-refractivity contribution < 1.29 is 9.53 Å². The highest BCUT2D eigenvalue weighted by Gasteiger charge is 2.03. The van der Waals surface area contributed by atoms with Gasteiger partial charge in [-0.25, -0.2) is 4.99 Å². The number of amides is 1. The highest BCUT2D eigenvalue weighted by atomic mass is 16.5. The first-order chi connectivity index (χ1) is 8.61. The molecule has 6 nitrogen and oxygen atoms in total. The largest absolute Gasteiger partial charge is 0.382 e. The van der Waals surface area contributed by atoms with E-state index in [1.165, 1.54) is 4.90 Å². The van der Waals surface area contributed by atoms with Crippen LogP contribution in [0.1, 0.15) is 20.3 Å². The van der Waals surface area contributed by atoms with E-state index in [9.17, 15) is 4.79 Å². The third-order valence-corrected chi connectivity index (χ3v) is 2.18. The zero-order valence-electron chi connectivity index (χ0n) is 12.0. The van der Waals surface area contributed by atoms with Gasteiger partial charge < -0.3 is 20.3 Å². The first-order valence-corrected chi connectivity index (χ1v) is 6.41. The van der Waals surface area contributed by atoms with Crippen LogP contribution in [0.15, 0.2) is 4.99 Å². The van der Waals surface area contributed by atoms with E-state index in [1.54, 1.807) is 14.1 Å². The van der Waals surface area contributed by atoms with Crippen LogP contribution in [0, 0.1) is 0 Å². The number of rotatable bonds is 8. The predicted octanol–water partition coefficient (Wildman–Crippen LogP) is 0.0563. The number of nitrogens with one attached hydrogen (secondary N) is 2. The van der Waals surface area contributed by atoms with Crippen LogP contribution in [-0.2, 0) is 9.53 Å². The molecule has 0 aromatic carbocycles. The molecule has 1 amide bonds. The third kappa shape index (κ3) is 8.81. The molecule has 0 radical (unpaired) electrons. The number of likely N-dealkylation sites (N-methyl/N-ethyl adjacent to an activating group) is 1. The molecule has 0 aliphatic rings. The molecular weight excluding hydrogens is 232 g/mol. The van der Waals surface area contributed by atoms with Gasteiger partial charge in [0, 0.05) is 40.4 Å². The summed E-state index contributed by atoms with van der Waals surface area (Å²) in [5.41, 5.74) is 0. The van der Waals surface area contributed by atoms with Gasteiger partial charge in [0.25, 0.3) is 0 Å². The summed E-state index contributed by atoms with van der Waals surface area (Å²) in [4.78, 5) is 17.2.